The Bertz CT molecular complexity index is 892. The van der Waals surface area contributed by atoms with Crippen molar-refractivity contribution in [3.8, 4) is 5.75 Å². The van der Waals surface area contributed by atoms with Gasteiger partial charge in [0, 0.05) is 31.1 Å². The summed E-state index contributed by atoms with van der Waals surface area (Å²) in [5.74, 6) is 1.50. The number of ether oxygens (including phenoxy) is 1. The standard InChI is InChI=1S/C19H28N4O3S2/c1-5-20-19(21-13-15-9-7-8-10-17(15)26-6-2)22-14-16-11-12-18(27-16)28(24,25)23(3)4/h7-12H,5-6,13-14H2,1-4H3,(H2,20,21,22). The van der Waals surface area contributed by atoms with E-state index in [1.54, 1.807) is 6.07 Å². The second-order valence-electron chi connectivity index (χ2n) is 6.10. The van der Waals surface area contributed by atoms with Crippen LogP contribution in [0.2, 0.25) is 0 Å². The Balaban J connectivity index is 2.06. The van der Waals surface area contributed by atoms with Gasteiger partial charge in [0.2, 0.25) is 0 Å². The molecule has 9 heteroatoms. The predicted molar refractivity (Wildman–Crippen MR) is 114 cm³/mol. The van der Waals surface area contributed by atoms with Crippen LogP contribution in [-0.4, -0.2) is 45.9 Å². The minimum Gasteiger partial charge on any atom is -0.494 e. The van der Waals surface area contributed by atoms with Gasteiger partial charge in [-0.25, -0.2) is 17.7 Å². The van der Waals surface area contributed by atoms with Crippen LogP contribution in [0.5, 0.6) is 5.75 Å². The van der Waals surface area contributed by atoms with Crippen molar-refractivity contribution in [2.45, 2.75) is 31.1 Å². The summed E-state index contributed by atoms with van der Waals surface area (Å²) in [6.45, 7) is 6.26. The Labute approximate surface area is 171 Å². The van der Waals surface area contributed by atoms with Gasteiger partial charge in [-0.3, -0.25) is 0 Å². The molecule has 0 spiro atoms. The Morgan fingerprint density at radius 2 is 1.89 bits per heavy atom. The first kappa shape index (κ1) is 22.2. The van der Waals surface area contributed by atoms with E-state index in [9.17, 15) is 8.42 Å². The molecular weight excluding hydrogens is 396 g/mol. The highest BCUT2D eigenvalue weighted by molar-refractivity contribution is 7.91. The van der Waals surface area contributed by atoms with E-state index in [0.29, 0.717) is 29.9 Å². The lowest BCUT2D eigenvalue weighted by molar-refractivity contribution is 0.336. The van der Waals surface area contributed by atoms with E-state index in [2.05, 4.69) is 15.6 Å². The summed E-state index contributed by atoms with van der Waals surface area (Å²) in [5.41, 5.74) is 1.01. The second kappa shape index (κ2) is 10.4. The van der Waals surface area contributed by atoms with E-state index in [1.807, 2.05) is 44.2 Å². The summed E-state index contributed by atoms with van der Waals surface area (Å²) in [4.78, 5) is 5.54. The summed E-state index contributed by atoms with van der Waals surface area (Å²) in [6.07, 6.45) is 0. The zero-order chi connectivity index (χ0) is 20.6. The molecule has 2 N–H and O–H groups in total. The minimum absolute atomic E-state index is 0.335. The zero-order valence-electron chi connectivity index (χ0n) is 16.7. The summed E-state index contributed by atoms with van der Waals surface area (Å²) < 4.78 is 31.6. The largest absolute Gasteiger partial charge is 0.494 e. The molecule has 0 aliphatic heterocycles. The third-order valence-electron chi connectivity index (χ3n) is 3.83. The van der Waals surface area contributed by atoms with Gasteiger partial charge in [0.15, 0.2) is 5.96 Å². The van der Waals surface area contributed by atoms with Crippen LogP contribution in [0.25, 0.3) is 0 Å². The third kappa shape index (κ3) is 5.95. The fourth-order valence-electron chi connectivity index (χ4n) is 2.38. The minimum atomic E-state index is -3.40. The molecule has 0 aliphatic carbocycles. The molecule has 28 heavy (non-hydrogen) atoms. The number of hydrogen-bond donors (Lipinski definition) is 2. The summed E-state index contributed by atoms with van der Waals surface area (Å²) in [5, 5.41) is 6.46. The summed E-state index contributed by atoms with van der Waals surface area (Å²) in [7, 11) is -0.336. The van der Waals surface area contributed by atoms with Gasteiger partial charge in [-0.15, -0.1) is 11.3 Å². The third-order valence-corrected chi connectivity index (χ3v) is 7.19. The topological polar surface area (TPSA) is 83.0 Å². The number of nitrogens with one attached hydrogen (secondary N) is 2. The molecule has 0 atom stereocenters. The Morgan fingerprint density at radius 1 is 1.14 bits per heavy atom. The van der Waals surface area contributed by atoms with Crippen LogP contribution in [0, 0.1) is 0 Å². The zero-order valence-corrected chi connectivity index (χ0v) is 18.4. The number of hydrogen-bond acceptors (Lipinski definition) is 5. The van der Waals surface area contributed by atoms with Crippen molar-refractivity contribution in [1.29, 1.82) is 0 Å². The van der Waals surface area contributed by atoms with Crippen LogP contribution < -0.4 is 15.4 Å². The average Bonchev–Trinajstić information content (AvgIpc) is 3.15. The summed E-state index contributed by atoms with van der Waals surface area (Å²) in [6, 6.07) is 11.3. The van der Waals surface area contributed by atoms with E-state index in [4.69, 9.17) is 4.74 Å². The predicted octanol–water partition coefficient (Wildman–Crippen LogP) is 2.65. The number of benzene rings is 1. The molecule has 0 aliphatic rings. The molecule has 0 saturated carbocycles. The van der Waals surface area contributed by atoms with Crippen LogP contribution in [-0.2, 0) is 23.1 Å². The van der Waals surface area contributed by atoms with Gasteiger partial charge in [-0.1, -0.05) is 18.2 Å². The first-order valence-electron chi connectivity index (χ1n) is 9.12. The van der Waals surface area contributed by atoms with Crippen molar-refractivity contribution in [2.75, 3.05) is 27.2 Å². The number of rotatable bonds is 9. The van der Waals surface area contributed by atoms with Gasteiger partial charge in [-0.2, -0.15) is 0 Å². The molecule has 1 aromatic heterocycles. The van der Waals surface area contributed by atoms with E-state index in [-0.39, 0.29) is 0 Å². The molecule has 7 nitrogen and oxygen atoms in total. The molecule has 0 bridgehead atoms. The average molecular weight is 425 g/mol. The highest BCUT2D eigenvalue weighted by atomic mass is 32.2. The van der Waals surface area contributed by atoms with Crippen LogP contribution in [0.15, 0.2) is 45.6 Å². The molecular formula is C19H28N4O3S2. The molecule has 0 saturated heterocycles. The van der Waals surface area contributed by atoms with E-state index >= 15 is 0 Å². The monoisotopic (exact) mass is 424 g/mol. The SMILES string of the molecule is CCNC(=NCc1ccccc1OCC)NCc1ccc(S(=O)(=O)N(C)C)s1. The van der Waals surface area contributed by atoms with E-state index < -0.39 is 10.0 Å². The van der Waals surface area contributed by atoms with Gasteiger partial charge >= 0.3 is 0 Å². The number of thiophene rings is 1. The van der Waals surface area contributed by atoms with Crippen molar-refractivity contribution in [3.63, 3.8) is 0 Å². The quantitative estimate of drug-likeness (QED) is 0.478. The Kier molecular flexibility index (Phi) is 8.28. The lowest BCUT2D eigenvalue weighted by Gasteiger charge is -2.12. The first-order valence-corrected chi connectivity index (χ1v) is 11.4. The smallest absolute Gasteiger partial charge is 0.252 e. The van der Waals surface area contributed by atoms with E-state index in [1.165, 1.54) is 29.7 Å². The van der Waals surface area contributed by atoms with Crippen molar-refractivity contribution in [3.05, 3.63) is 46.8 Å². The molecule has 1 aromatic carbocycles. The van der Waals surface area contributed by atoms with Crippen LogP contribution in [0.1, 0.15) is 24.3 Å². The molecule has 1 heterocycles. The fraction of sp³-hybridized carbons (Fsp3) is 0.421. The molecule has 2 aromatic rings. The Hall–Kier alpha value is -2.10. The molecule has 2 rings (SSSR count). The Morgan fingerprint density at radius 3 is 2.57 bits per heavy atom. The van der Waals surface area contributed by atoms with Gasteiger partial charge < -0.3 is 15.4 Å². The van der Waals surface area contributed by atoms with Crippen molar-refractivity contribution in [1.82, 2.24) is 14.9 Å². The maximum absolute atomic E-state index is 12.2. The molecule has 0 fully saturated rings. The summed E-state index contributed by atoms with van der Waals surface area (Å²) >= 11 is 1.26. The number of nitrogens with zero attached hydrogens (tertiary/aromatic N) is 2. The molecule has 0 unspecified atom stereocenters. The van der Waals surface area contributed by atoms with Crippen molar-refractivity contribution >= 4 is 27.3 Å². The lowest BCUT2D eigenvalue weighted by atomic mass is 10.2. The van der Waals surface area contributed by atoms with Crippen LogP contribution >= 0.6 is 11.3 Å². The normalized spacial score (nSPS) is 12.2. The maximum Gasteiger partial charge on any atom is 0.252 e. The second-order valence-corrected chi connectivity index (χ2v) is 9.64. The molecule has 0 amide bonds. The lowest BCUT2D eigenvalue weighted by Crippen LogP contribution is -2.36. The van der Waals surface area contributed by atoms with Gasteiger partial charge in [-0.05, 0) is 32.0 Å². The van der Waals surface area contributed by atoms with Crippen molar-refractivity contribution in [2.24, 2.45) is 4.99 Å². The molecule has 0 radical (unpaired) electrons. The maximum atomic E-state index is 12.2. The molecule has 154 valence electrons. The van der Waals surface area contributed by atoms with Crippen LogP contribution in [0.4, 0.5) is 0 Å². The highest BCUT2D eigenvalue weighted by Crippen LogP contribution is 2.23. The van der Waals surface area contributed by atoms with Crippen molar-refractivity contribution < 1.29 is 13.2 Å². The van der Waals surface area contributed by atoms with Gasteiger partial charge in [0.05, 0.1) is 19.7 Å². The number of sulfonamides is 1. The van der Waals surface area contributed by atoms with Gasteiger partial charge in [0.1, 0.15) is 9.96 Å². The highest BCUT2D eigenvalue weighted by Gasteiger charge is 2.19. The van der Waals surface area contributed by atoms with E-state index in [0.717, 1.165) is 22.7 Å². The number of para-hydroxylation sites is 1. The first-order chi connectivity index (χ1) is 13.4. The number of aliphatic imine (C=N–C) groups is 1. The van der Waals surface area contributed by atoms with Gasteiger partial charge in [0.25, 0.3) is 10.0 Å². The number of guanidine groups is 1. The fourth-order valence-corrected chi connectivity index (χ4v) is 4.84. The van der Waals surface area contributed by atoms with Crippen LogP contribution in [0.3, 0.4) is 0 Å².